The molecule has 0 radical (unpaired) electrons. The molecule has 0 atom stereocenters. The summed E-state index contributed by atoms with van der Waals surface area (Å²) in [6.07, 6.45) is 4.26. The molecule has 0 fully saturated rings. The lowest BCUT2D eigenvalue weighted by atomic mass is 10.2. The van der Waals surface area contributed by atoms with E-state index in [1.54, 1.807) is 30.3 Å². The fourth-order valence-corrected chi connectivity index (χ4v) is 2.91. The van der Waals surface area contributed by atoms with Gasteiger partial charge in [-0.15, -0.1) is 0 Å². The van der Waals surface area contributed by atoms with Crippen LogP contribution in [0, 0.1) is 10.1 Å². The van der Waals surface area contributed by atoms with Gasteiger partial charge in [-0.2, -0.15) is 10.2 Å². The number of amides is 1. The zero-order chi connectivity index (χ0) is 21.1. The van der Waals surface area contributed by atoms with Crippen molar-refractivity contribution in [1.29, 1.82) is 0 Å². The average molecular weight is 425 g/mol. The van der Waals surface area contributed by atoms with Crippen molar-refractivity contribution >= 4 is 28.9 Å². The first-order chi connectivity index (χ1) is 14.5. The molecule has 0 saturated heterocycles. The van der Waals surface area contributed by atoms with Crippen molar-refractivity contribution in [1.82, 2.24) is 29.5 Å². The minimum Gasteiger partial charge on any atom is -0.323 e. The Hall–Kier alpha value is -4.12. The van der Waals surface area contributed by atoms with Crippen LogP contribution in [0.2, 0.25) is 5.02 Å². The summed E-state index contributed by atoms with van der Waals surface area (Å²) in [7, 11) is 0. The highest BCUT2D eigenvalue weighted by molar-refractivity contribution is 6.31. The van der Waals surface area contributed by atoms with Gasteiger partial charge in [0.2, 0.25) is 5.91 Å². The molecular weight excluding hydrogens is 412 g/mol. The number of nitro groups is 1. The second kappa shape index (κ2) is 8.09. The molecule has 0 unspecified atom stereocenters. The van der Waals surface area contributed by atoms with Gasteiger partial charge in [0.15, 0.2) is 5.82 Å². The number of aromatic nitrogens is 6. The summed E-state index contributed by atoms with van der Waals surface area (Å²) in [6.45, 7) is -0.120. The molecule has 0 saturated carbocycles. The molecule has 12 heteroatoms. The Morgan fingerprint density at radius 2 is 2.07 bits per heavy atom. The lowest BCUT2D eigenvalue weighted by Gasteiger charge is -2.11. The number of nitro benzene ring substituents is 1. The highest BCUT2D eigenvalue weighted by Crippen LogP contribution is 2.24. The normalized spacial score (nSPS) is 10.7. The van der Waals surface area contributed by atoms with Crippen LogP contribution in [0.15, 0.2) is 61.4 Å². The highest BCUT2D eigenvalue weighted by atomic mass is 35.5. The third kappa shape index (κ3) is 4.15. The molecule has 0 spiro atoms. The van der Waals surface area contributed by atoms with Gasteiger partial charge < -0.3 is 5.32 Å². The van der Waals surface area contributed by atoms with Crippen molar-refractivity contribution in [2.24, 2.45) is 0 Å². The van der Waals surface area contributed by atoms with Gasteiger partial charge >= 0.3 is 0 Å². The third-order valence-electron chi connectivity index (χ3n) is 4.06. The van der Waals surface area contributed by atoms with Crippen molar-refractivity contribution in [3.05, 3.63) is 76.6 Å². The van der Waals surface area contributed by atoms with E-state index in [2.05, 4.69) is 25.5 Å². The first kappa shape index (κ1) is 19.2. The molecule has 150 valence electrons. The molecule has 2 aromatic carbocycles. The zero-order valence-corrected chi connectivity index (χ0v) is 16.0. The maximum atomic E-state index is 12.5. The molecular formula is C18H13ClN8O3. The number of carbonyl (C=O) groups excluding carboxylic acids is 1. The molecule has 2 aromatic heterocycles. The highest BCUT2D eigenvalue weighted by Gasteiger charge is 2.14. The quantitative estimate of drug-likeness (QED) is 0.371. The molecule has 4 rings (SSSR count). The monoisotopic (exact) mass is 424 g/mol. The predicted octanol–water partition coefficient (Wildman–Crippen LogP) is 2.73. The van der Waals surface area contributed by atoms with Crippen LogP contribution in [-0.2, 0) is 11.3 Å². The van der Waals surface area contributed by atoms with E-state index in [0.29, 0.717) is 22.0 Å². The molecule has 0 aliphatic rings. The van der Waals surface area contributed by atoms with E-state index in [4.69, 9.17) is 11.6 Å². The third-order valence-corrected chi connectivity index (χ3v) is 4.29. The van der Waals surface area contributed by atoms with Crippen LogP contribution in [0.1, 0.15) is 0 Å². The van der Waals surface area contributed by atoms with Crippen LogP contribution in [0.3, 0.4) is 0 Å². The lowest BCUT2D eigenvalue weighted by Crippen LogP contribution is -2.20. The summed E-state index contributed by atoms with van der Waals surface area (Å²) in [6, 6.07) is 10.9. The summed E-state index contributed by atoms with van der Waals surface area (Å²) < 4.78 is 2.84. The molecule has 1 amide bonds. The molecule has 1 N–H and O–H groups in total. The molecule has 2 heterocycles. The number of benzene rings is 2. The number of carbonyl (C=O) groups is 1. The summed E-state index contributed by atoms with van der Waals surface area (Å²) in [5.74, 6) is -0.0910. The summed E-state index contributed by atoms with van der Waals surface area (Å²) in [5, 5.41) is 22.4. The number of hydrogen-bond donors (Lipinski definition) is 1. The molecule has 11 nitrogen and oxygen atoms in total. The minimum absolute atomic E-state index is 0.0665. The van der Waals surface area contributed by atoms with E-state index in [-0.39, 0.29) is 24.0 Å². The maximum absolute atomic E-state index is 12.5. The van der Waals surface area contributed by atoms with Crippen LogP contribution in [-0.4, -0.2) is 40.4 Å². The standard InChI is InChI=1S/C18H13ClN8O3/c19-13-4-5-16(26-10-20-9-22-26)15(7-13)23-17(28)8-25-11-21-18(24-25)12-2-1-3-14(6-12)27(29)30/h1-7,9-11H,8H2,(H,23,28). The predicted molar refractivity (Wildman–Crippen MR) is 107 cm³/mol. The smallest absolute Gasteiger partial charge is 0.270 e. The van der Waals surface area contributed by atoms with Gasteiger partial charge in [-0.05, 0) is 18.2 Å². The number of anilines is 1. The van der Waals surface area contributed by atoms with E-state index in [1.807, 2.05) is 0 Å². The van der Waals surface area contributed by atoms with E-state index >= 15 is 0 Å². The Morgan fingerprint density at radius 3 is 2.83 bits per heavy atom. The number of hydrogen-bond acceptors (Lipinski definition) is 7. The second-order valence-corrected chi connectivity index (χ2v) is 6.56. The van der Waals surface area contributed by atoms with Crippen molar-refractivity contribution in [2.75, 3.05) is 5.32 Å². The number of rotatable bonds is 6. The van der Waals surface area contributed by atoms with E-state index in [1.165, 1.54) is 40.5 Å². The Balaban J connectivity index is 1.51. The number of halogens is 1. The van der Waals surface area contributed by atoms with Gasteiger partial charge in [0.1, 0.15) is 25.5 Å². The fourth-order valence-electron chi connectivity index (χ4n) is 2.74. The maximum Gasteiger partial charge on any atom is 0.270 e. The van der Waals surface area contributed by atoms with Crippen LogP contribution in [0.4, 0.5) is 11.4 Å². The molecule has 0 bridgehead atoms. The zero-order valence-electron chi connectivity index (χ0n) is 15.2. The Bertz CT molecular complexity index is 1220. The van der Waals surface area contributed by atoms with Crippen LogP contribution in [0.25, 0.3) is 17.1 Å². The lowest BCUT2D eigenvalue weighted by molar-refractivity contribution is -0.384. The molecule has 0 aliphatic carbocycles. The van der Waals surface area contributed by atoms with Gasteiger partial charge in [-0.25, -0.2) is 19.3 Å². The van der Waals surface area contributed by atoms with Crippen LogP contribution < -0.4 is 5.32 Å². The molecule has 4 aromatic rings. The fraction of sp³-hybridized carbons (Fsp3) is 0.0556. The Kier molecular flexibility index (Phi) is 5.18. The first-order valence-corrected chi connectivity index (χ1v) is 8.96. The van der Waals surface area contributed by atoms with E-state index in [9.17, 15) is 14.9 Å². The van der Waals surface area contributed by atoms with Gasteiger partial charge in [0, 0.05) is 22.7 Å². The summed E-state index contributed by atoms with van der Waals surface area (Å²) in [5.41, 5.74) is 1.47. The van der Waals surface area contributed by atoms with E-state index < -0.39 is 4.92 Å². The van der Waals surface area contributed by atoms with Gasteiger partial charge in [0.05, 0.1) is 16.3 Å². The molecule has 0 aliphatic heterocycles. The largest absolute Gasteiger partial charge is 0.323 e. The number of nitrogens with one attached hydrogen (secondary N) is 1. The summed E-state index contributed by atoms with van der Waals surface area (Å²) >= 11 is 6.06. The molecule has 30 heavy (non-hydrogen) atoms. The van der Waals surface area contributed by atoms with E-state index in [0.717, 1.165) is 0 Å². The first-order valence-electron chi connectivity index (χ1n) is 8.58. The number of non-ortho nitro benzene ring substituents is 1. The topological polar surface area (TPSA) is 134 Å². The minimum atomic E-state index is -0.494. The summed E-state index contributed by atoms with van der Waals surface area (Å²) in [4.78, 5) is 31.0. The van der Waals surface area contributed by atoms with Gasteiger partial charge in [-0.3, -0.25) is 14.9 Å². The SMILES string of the molecule is O=C(Cn1cnc(-c2cccc([N+](=O)[O-])c2)n1)Nc1cc(Cl)ccc1-n1cncn1. The van der Waals surface area contributed by atoms with Crippen LogP contribution in [0.5, 0.6) is 0 Å². The van der Waals surface area contributed by atoms with Gasteiger partial charge in [-0.1, -0.05) is 23.7 Å². The van der Waals surface area contributed by atoms with Crippen LogP contribution >= 0.6 is 11.6 Å². The number of nitrogens with zero attached hydrogens (tertiary/aromatic N) is 7. The average Bonchev–Trinajstić information content (AvgIpc) is 3.40. The van der Waals surface area contributed by atoms with Crippen molar-refractivity contribution in [3.63, 3.8) is 0 Å². The van der Waals surface area contributed by atoms with Gasteiger partial charge in [0.25, 0.3) is 5.69 Å². The van der Waals surface area contributed by atoms with Crippen molar-refractivity contribution in [3.8, 4) is 17.1 Å². The Morgan fingerprint density at radius 1 is 1.20 bits per heavy atom. The van der Waals surface area contributed by atoms with Crippen molar-refractivity contribution < 1.29 is 9.72 Å². The second-order valence-electron chi connectivity index (χ2n) is 6.12. The van der Waals surface area contributed by atoms with Crippen molar-refractivity contribution in [2.45, 2.75) is 6.54 Å². The Labute approximate surface area is 174 Å².